The van der Waals surface area contributed by atoms with Crippen molar-refractivity contribution < 1.29 is 0 Å². The summed E-state index contributed by atoms with van der Waals surface area (Å²) in [6.45, 7) is 6.96. The Labute approximate surface area is 102 Å². The fraction of sp³-hybridized carbons (Fsp3) is 0.385. The van der Waals surface area contributed by atoms with Crippen LogP contribution in [0.3, 0.4) is 0 Å². The first-order valence-corrected chi connectivity index (χ1v) is 5.85. The molecule has 2 heterocycles. The Bertz CT molecular complexity index is 473. The normalized spacial score (nSPS) is 10.8. The molecule has 2 aromatic rings. The summed E-state index contributed by atoms with van der Waals surface area (Å²) in [6, 6.07) is 6.32. The van der Waals surface area contributed by atoms with Gasteiger partial charge in [-0.2, -0.15) is 0 Å². The SMILES string of the molecule is Cc1cn(Cc2ccccn2)c(NC(C)C)n1. The van der Waals surface area contributed by atoms with E-state index in [2.05, 4.69) is 33.7 Å². The maximum absolute atomic E-state index is 4.47. The first-order valence-electron chi connectivity index (χ1n) is 5.85. The van der Waals surface area contributed by atoms with E-state index in [9.17, 15) is 0 Å². The van der Waals surface area contributed by atoms with Gasteiger partial charge in [0.05, 0.1) is 17.9 Å². The Kier molecular flexibility index (Phi) is 3.42. The fourth-order valence-electron chi connectivity index (χ4n) is 1.71. The molecule has 2 aromatic heterocycles. The maximum atomic E-state index is 4.47. The molecule has 0 aliphatic heterocycles. The molecule has 0 bridgehead atoms. The number of pyridine rings is 1. The van der Waals surface area contributed by atoms with E-state index in [4.69, 9.17) is 0 Å². The summed E-state index contributed by atoms with van der Waals surface area (Å²) >= 11 is 0. The Morgan fingerprint density at radius 3 is 2.82 bits per heavy atom. The van der Waals surface area contributed by atoms with E-state index in [1.807, 2.05) is 37.5 Å². The van der Waals surface area contributed by atoms with E-state index >= 15 is 0 Å². The second-order valence-corrected chi connectivity index (χ2v) is 4.45. The van der Waals surface area contributed by atoms with Crippen LogP contribution in [-0.2, 0) is 6.54 Å². The van der Waals surface area contributed by atoms with E-state index in [0.717, 1.165) is 23.9 Å². The summed E-state index contributed by atoms with van der Waals surface area (Å²) in [5.74, 6) is 0.906. The highest BCUT2D eigenvalue weighted by Gasteiger charge is 2.07. The first kappa shape index (κ1) is 11.6. The first-order chi connectivity index (χ1) is 8.15. The minimum atomic E-state index is 0.374. The van der Waals surface area contributed by atoms with Crippen molar-refractivity contribution in [1.29, 1.82) is 0 Å². The summed E-state index contributed by atoms with van der Waals surface area (Å²) in [7, 11) is 0. The van der Waals surface area contributed by atoms with Gasteiger partial charge in [-0.3, -0.25) is 4.98 Å². The number of anilines is 1. The number of rotatable bonds is 4. The third-order valence-electron chi connectivity index (χ3n) is 2.37. The molecule has 17 heavy (non-hydrogen) atoms. The van der Waals surface area contributed by atoms with E-state index in [1.165, 1.54) is 0 Å². The Morgan fingerprint density at radius 2 is 2.18 bits per heavy atom. The van der Waals surface area contributed by atoms with Crippen LogP contribution in [0.1, 0.15) is 25.2 Å². The lowest BCUT2D eigenvalue weighted by molar-refractivity contribution is 0.757. The van der Waals surface area contributed by atoms with Gasteiger partial charge in [0.1, 0.15) is 0 Å². The second kappa shape index (κ2) is 4.99. The topological polar surface area (TPSA) is 42.7 Å². The van der Waals surface area contributed by atoms with Crippen LogP contribution in [0.2, 0.25) is 0 Å². The Morgan fingerprint density at radius 1 is 1.35 bits per heavy atom. The summed E-state index contributed by atoms with van der Waals surface area (Å²) < 4.78 is 2.09. The summed E-state index contributed by atoms with van der Waals surface area (Å²) in [5.41, 5.74) is 2.06. The lowest BCUT2D eigenvalue weighted by Crippen LogP contribution is -2.15. The number of hydrogen-bond donors (Lipinski definition) is 1. The van der Waals surface area contributed by atoms with E-state index in [-0.39, 0.29) is 0 Å². The van der Waals surface area contributed by atoms with Gasteiger partial charge in [0, 0.05) is 18.4 Å². The molecule has 0 fully saturated rings. The molecule has 0 radical (unpaired) electrons. The van der Waals surface area contributed by atoms with E-state index in [0.29, 0.717) is 6.04 Å². The van der Waals surface area contributed by atoms with Crippen LogP contribution in [0.15, 0.2) is 30.6 Å². The summed E-state index contributed by atoms with van der Waals surface area (Å²) in [5, 5.41) is 3.34. The minimum Gasteiger partial charge on any atom is -0.353 e. The molecule has 0 aliphatic rings. The molecule has 0 spiro atoms. The van der Waals surface area contributed by atoms with Crippen LogP contribution in [0, 0.1) is 6.92 Å². The number of hydrogen-bond acceptors (Lipinski definition) is 3. The molecule has 0 saturated heterocycles. The molecule has 0 amide bonds. The van der Waals surface area contributed by atoms with Gasteiger partial charge in [-0.25, -0.2) is 4.98 Å². The molecule has 0 aliphatic carbocycles. The lowest BCUT2D eigenvalue weighted by atomic mass is 10.3. The molecular formula is C13H18N4. The Balaban J connectivity index is 2.20. The van der Waals surface area contributed by atoms with Crippen LogP contribution >= 0.6 is 0 Å². The average Bonchev–Trinajstić information content (AvgIpc) is 2.59. The predicted octanol–water partition coefficient (Wildman–Crippen LogP) is 2.46. The van der Waals surface area contributed by atoms with Crippen molar-refractivity contribution >= 4 is 5.95 Å². The number of nitrogens with one attached hydrogen (secondary N) is 1. The Hall–Kier alpha value is -1.84. The lowest BCUT2D eigenvalue weighted by Gasteiger charge is -2.11. The number of aromatic nitrogens is 3. The minimum absolute atomic E-state index is 0.374. The van der Waals surface area contributed by atoms with Crippen molar-refractivity contribution in [2.45, 2.75) is 33.4 Å². The van der Waals surface area contributed by atoms with Gasteiger partial charge in [0.25, 0.3) is 0 Å². The third-order valence-corrected chi connectivity index (χ3v) is 2.37. The molecule has 4 heteroatoms. The third kappa shape index (κ3) is 3.06. The van der Waals surface area contributed by atoms with Gasteiger partial charge in [-0.1, -0.05) is 6.07 Å². The van der Waals surface area contributed by atoms with Gasteiger partial charge in [0.15, 0.2) is 0 Å². The molecule has 90 valence electrons. The largest absolute Gasteiger partial charge is 0.353 e. The highest BCUT2D eigenvalue weighted by Crippen LogP contribution is 2.11. The van der Waals surface area contributed by atoms with Crippen LogP contribution in [0.25, 0.3) is 0 Å². The standard InChI is InChI=1S/C13H18N4/c1-10(2)15-13-16-11(3)8-17(13)9-12-6-4-5-7-14-12/h4-8,10H,9H2,1-3H3,(H,15,16). The zero-order chi connectivity index (χ0) is 12.3. The van der Waals surface area contributed by atoms with Crippen LogP contribution < -0.4 is 5.32 Å². The molecule has 1 N–H and O–H groups in total. The van der Waals surface area contributed by atoms with Gasteiger partial charge in [-0.05, 0) is 32.9 Å². The van der Waals surface area contributed by atoms with Crippen molar-refractivity contribution in [2.24, 2.45) is 0 Å². The van der Waals surface area contributed by atoms with Crippen molar-refractivity contribution in [3.05, 3.63) is 42.0 Å². The van der Waals surface area contributed by atoms with Crippen molar-refractivity contribution in [3.8, 4) is 0 Å². The highest BCUT2D eigenvalue weighted by atomic mass is 15.2. The van der Waals surface area contributed by atoms with Crippen LogP contribution in [0.4, 0.5) is 5.95 Å². The molecule has 2 rings (SSSR count). The highest BCUT2D eigenvalue weighted by molar-refractivity contribution is 5.30. The molecule has 0 unspecified atom stereocenters. The van der Waals surface area contributed by atoms with Gasteiger partial charge >= 0.3 is 0 Å². The number of nitrogens with zero attached hydrogens (tertiary/aromatic N) is 3. The van der Waals surface area contributed by atoms with Crippen LogP contribution in [-0.4, -0.2) is 20.6 Å². The van der Waals surface area contributed by atoms with Crippen LogP contribution in [0.5, 0.6) is 0 Å². The second-order valence-electron chi connectivity index (χ2n) is 4.45. The molecule has 0 saturated carbocycles. The monoisotopic (exact) mass is 230 g/mol. The fourth-order valence-corrected chi connectivity index (χ4v) is 1.71. The maximum Gasteiger partial charge on any atom is 0.203 e. The van der Waals surface area contributed by atoms with Crippen molar-refractivity contribution in [2.75, 3.05) is 5.32 Å². The van der Waals surface area contributed by atoms with Gasteiger partial charge in [-0.15, -0.1) is 0 Å². The summed E-state index contributed by atoms with van der Waals surface area (Å²) in [6.07, 6.45) is 3.86. The van der Waals surface area contributed by atoms with Gasteiger partial charge in [0.2, 0.25) is 5.95 Å². The molecule has 0 aromatic carbocycles. The predicted molar refractivity (Wildman–Crippen MR) is 69.1 cm³/mol. The summed E-state index contributed by atoms with van der Waals surface area (Å²) in [4.78, 5) is 8.80. The van der Waals surface area contributed by atoms with E-state index in [1.54, 1.807) is 0 Å². The smallest absolute Gasteiger partial charge is 0.203 e. The average molecular weight is 230 g/mol. The molecule has 4 nitrogen and oxygen atoms in total. The molecular weight excluding hydrogens is 212 g/mol. The van der Waals surface area contributed by atoms with Crippen molar-refractivity contribution in [1.82, 2.24) is 14.5 Å². The van der Waals surface area contributed by atoms with Crippen molar-refractivity contribution in [3.63, 3.8) is 0 Å². The van der Waals surface area contributed by atoms with Gasteiger partial charge < -0.3 is 9.88 Å². The zero-order valence-electron chi connectivity index (χ0n) is 10.5. The zero-order valence-corrected chi connectivity index (χ0v) is 10.5. The quantitative estimate of drug-likeness (QED) is 0.877. The number of imidazole rings is 1. The number of aryl methyl sites for hydroxylation is 1. The van der Waals surface area contributed by atoms with E-state index < -0.39 is 0 Å². The molecule has 0 atom stereocenters.